The summed E-state index contributed by atoms with van der Waals surface area (Å²) < 4.78 is 3.99. The highest BCUT2D eigenvalue weighted by molar-refractivity contribution is 7.03. The zero-order valence-electron chi connectivity index (χ0n) is 6.93. The van der Waals surface area contributed by atoms with Gasteiger partial charge in [0.2, 0.25) is 0 Å². The lowest BCUT2D eigenvalue weighted by atomic mass is 10.1. The van der Waals surface area contributed by atoms with Crippen molar-refractivity contribution >= 4 is 17.5 Å². The third-order valence-electron chi connectivity index (χ3n) is 2.30. The van der Waals surface area contributed by atoms with E-state index < -0.39 is 5.97 Å². The molecule has 2 atom stereocenters. The molecule has 0 aliphatic carbocycles. The Bertz CT molecular complexity index is 299. The first-order valence-corrected chi connectivity index (χ1v) is 4.99. The van der Waals surface area contributed by atoms with Gasteiger partial charge in [-0.2, -0.15) is 0 Å². The van der Waals surface area contributed by atoms with Crippen LogP contribution in [0.4, 0.5) is 0 Å². The van der Waals surface area contributed by atoms with Crippen molar-refractivity contribution in [2.45, 2.75) is 24.9 Å². The Morgan fingerprint density at radius 3 is 3.08 bits per heavy atom. The molecule has 1 aliphatic heterocycles. The molecule has 0 radical (unpaired) electrons. The third kappa shape index (κ3) is 1.71. The fraction of sp³-hybridized carbons (Fsp3) is 0.500. The first-order chi connectivity index (χ1) is 6.27. The van der Waals surface area contributed by atoms with E-state index in [2.05, 4.69) is 9.69 Å². The molecule has 0 bridgehead atoms. The summed E-state index contributed by atoms with van der Waals surface area (Å²) in [5.74, 6) is -0.759. The first kappa shape index (κ1) is 8.65. The molecule has 13 heavy (non-hydrogen) atoms. The molecule has 1 aromatic heterocycles. The molecule has 2 unspecified atom stereocenters. The van der Waals surface area contributed by atoms with E-state index in [1.807, 2.05) is 5.38 Å². The van der Waals surface area contributed by atoms with Crippen molar-refractivity contribution < 1.29 is 9.90 Å². The summed E-state index contributed by atoms with van der Waals surface area (Å²) >= 11 is 1.40. The average molecular weight is 198 g/mol. The highest BCUT2D eigenvalue weighted by Gasteiger charge is 2.29. The third-order valence-corrected chi connectivity index (χ3v) is 2.90. The quantitative estimate of drug-likeness (QED) is 0.744. The molecule has 5 heteroatoms. The summed E-state index contributed by atoms with van der Waals surface area (Å²) in [6.45, 7) is 0. The Labute approximate surface area is 79.8 Å². The van der Waals surface area contributed by atoms with Crippen molar-refractivity contribution in [3.8, 4) is 0 Å². The number of nitrogens with one attached hydrogen (secondary N) is 1. The summed E-state index contributed by atoms with van der Waals surface area (Å²) in [5.41, 5.74) is 1.11. The lowest BCUT2D eigenvalue weighted by molar-refractivity contribution is -0.139. The van der Waals surface area contributed by atoms with Gasteiger partial charge in [0.05, 0.1) is 0 Å². The predicted molar refractivity (Wildman–Crippen MR) is 48.6 cm³/mol. The highest BCUT2D eigenvalue weighted by Crippen LogP contribution is 2.26. The van der Waals surface area contributed by atoms with Crippen molar-refractivity contribution in [2.75, 3.05) is 0 Å². The van der Waals surface area contributed by atoms with E-state index in [1.54, 1.807) is 6.20 Å². The van der Waals surface area contributed by atoms with E-state index in [9.17, 15) is 4.79 Å². The Morgan fingerprint density at radius 2 is 2.54 bits per heavy atom. The number of carboxylic acids is 1. The van der Waals surface area contributed by atoms with Crippen LogP contribution in [0.3, 0.4) is 0 Å². The van der Waals surface area contributed by atoms with E-state index in [-0.39, 0.29) is 12.1 Å². The molecule has 0 aromatic carbocycles. The Hall–Kier alpha value is -0.940. The predicted octanol–water partition coefficient (Wildman–Crippen LogP) is 1.02. The van der Waals surface area contributed by atoms with Gasteiger partial charge in [-0.25, -0.2) is 4.37 Å². The summed E-state index contributed by atoms with van der Waals surface area (Å²) in [6, 6.07) is -0.204. The molecular weight excluding hydrogens is 188 g/mol. The van der Waals surface area contributed by atoms with E-state index in [1.165, 1.54) is 11.5 Å². The van der Waals surface area contributed by atoms with Crippen molar-refractivity contribution in [3.05, 3.63) is 17.1 Å². The van der Waals surface area contributed by atoms with Crippen molar-refractivity contribution in [1.29, 1.82) is 0 Å². The second kappa shape index (κ2) is 3.43. The maximum Gasteiger partial charge on any atom is 0.320 e. The number of aromatic nitrogens is 1. The van der Waals surface area contributed by atoms with Crippen LogP contribution in [0.15, 0.2) is 11.6 Å². The van der Waals surface area contributed by atoms with E-state index >= 15 is 0 Å². The van der Waals surface area contributed by atoms with Crippen LogP contribution in [-0.4, -0.2) is 21.5 Å². The number of rotatable bonds is 2. The van der Waals surface area contributed by atoms with Gasteiger partial charge in [-0.15, -0.1) is 0 Å². The van der Waals surface area contributed by atoms with Crippen LogP contribution in [-0.2, 0) is 4.79 Å². The molecule has 1 aromatic rings. The van der Waals surface area contributed by atoms with Gasteiger partial charge in [0.1, 0.15) is 6.04 Å². The van der Waals surface area contributed by atoms with Gasteiger partial charge in [-0.3, -0.25) is 10.1 Å². The van der Waals surface area contributed by atoms with Crippen LogP contribution in [0.2, 0.25) is 0 Å². The zero-order chi connectivity index (χ0) is 9.26. The van der Waals surface area contributed by atoms with Gasteiger partial charge >= 0.3 is 5.97 Å². The molecular formula is C8H10N2O2S. The number of hydrogen-bond donors (Lipinski definition) is 2. The largest absolute Gasteiger partial charge is 0.480 e. The summed E-state index contributed by atoms with van der Waals surface area (Å²) in [7, 11) is 0. The van der Waals surface area contributed by atoms with Crippen LogP contribution in [0.1, 0.15) is 24.4 Å². The van der Waals surface area contributed by atoms with Crippen LogP contribution >= 0.6 is 11.5 Å². The summed E-state index contributed by atoms with van der Waals surface area (Å²) in [4.78, 5) is 10.6. The minimum atomic E-state index is -0.759. The Morgan fingerprint density at radius 1 is 1.69 bits per heavy atom. The fourth-order valence-corrected chi connectivity index (χ4v) is 2.18. The van der Waals surface area contributed by atoms with Crippen LogP contribution in [0.5, 0.6) is 0 Å². The zero-order valence-corrected chi connectivity index (χ0v) is 7.75. The van der Waals surface area contributed by atoms with Gasteiger partial charge in [-0.1, -0.05) is 0 Å². The maximum atomic E-state index is 10.6. The van der Waals surface area contributed by atoms with Crippen molar-refractivity contribution in [2.24, 2.45) is 0 Å². The van der Waals surface area contributed by atoms with Gasteiger partial charge in [-0.05, 0) is 29.9 Å². The molecule has 2 heterocycles. The topological polar surface area (TPSA) is 62.2 Å². The second-order valence-corrected chi connectivity index (χ2v) is 3.80. The molecule has 0 amide bonds. The van der Waals surface area contributed by atoms with Crippen LogP contribution in [0, 0.1) is 0 Å². The molecule has 70 valence electrons. The number of carboxylic acid groups (broad SMARTS) is 1. The maximum absolute atomic E-state index is 10.6. The minimum absolute atomic E-state index is 0.180. The Balaban J connectivity index is 2.03. The highest BCUT2D eigenvalue weighted by atomic mass is 32.1. The van der Waals surface area contributed by atoms with Crippen molar-refractivity contribution in [3.63, 3.8) is 0 Å². The molecule has 0 saturated carbocycles. The van der Waals surface area contributed by atoms with Gasteiger partial charge in [0.25, 0.3) is 0 Å². The van der Waals surface area contributed by atoms with E-state index in [4.69, 9.17) is 5.11 Å². The number of carbonyl (C=O) groups is 1. The number of hydrogen-bond acceptors (Lipinski definition) is 4. The molecule has 1 aliphatic rings. The molecule has 2 N–H and O–H groups in total. The number of aliphatic carboxylic acids is 1. The lowest BCUT2D eigenvalue weighted by Crippen LogP contribution is -2.31. The van der Waals surface area contributed by atoms with Crippen LogP contribution < -0.4 is 5.32 Å². The molecule has 1 saturated heterocycles. The van der Waals surface area contributed by atoms with Gasteiger partial charge in [0.15, 0.2) is 0 Å². The summed E-state index contributed by atoms with van der Waals surface area (Å²) in [5, 5.41) is 13.8. The van der Waals surface area contributed by atoms with Crippen LogP contribution in [0.25, 0.3) is 0 Å². The molecule has 4 nitrogen and oxygen atoms in total. The second-order valence-electron chi connectivity index (χ2n) is 3.15. The SMILES string of the molecule is O=C(O)C1CCC(c2cnsc2)N1. The van der Waals surface area contributed by atoms with Crippen molar-refractivity contribution in [1.82, 2.24) is 9.69 Å². The fourth-order valence-electron chi connectivity index (χ4n) is 1.59. The van der Waals surface area contributed by atoms with Gasteiger partial charge in [0, 0.05) is 17.6 Å². The monoisotopic (exact) mass is 198 g/mol. The van der Waals surface area contributed by atoms with E-state index in [0.717, 1.165) is 12.0 Å². The normalized spacial score (nSPS) is 27.7. The van der Waals surface area contributed by atoms with Gasteiger partial charge < -0.3 is 5.11 Å². The molecule has 1 fully saturated rings. The molecule has 0 spiro atoms. The molecule has 2 rings (SSSR count). The Kier molecular flexibility index (Phi) is 2.28. The van der Waals surface area contributed by atoms with E-state index in [0.29, 0.717) is 6.42 Å². The smallest absolute Gasteiger partial charge is 0.320 e. The standard InChI is InChI=1S/C8H10N2O2S/c11-8(12)7-2-1-6(10-7)5-3-9-13-4-5/h3-4,6-7,10H,1-2H2,(H,11,12). The summed E-state index contributed by atoms with van der Waals surface area (Å²) in [6.07, 6.45) is 3.39. The number of nitrogens with zero attached hydrogens (tertiary/aromatic N) is 1. The average Bonchev–Trinajstić information content (AvgIpc) is 2.75. The first-order valence-electron chi connectivity index (χ1n) is 4.15. The minimum Gasteiger partial charge on any atom is -0.480 e. The lowest BCUT2D eigenvalue weighted by Gasteiger charge is -2.08.